The van der Waals surface area contributed by atoms with Gasteiger partial charge in [-0.25, -0.2) is 9.69 Å². The maximum atomic E-state index is 13.1. The van der Waals surface area contributed by atoms with E-state index in [2.05, 4.69) is 5.32 Å². The average Bonchev–Trinajstić information content (AvgIpc) is 2.96. The number of nitrogens with zero attached hydrogens (tertiary/aromatic N) is 2. The lowest BCUT2D eigenvalue weighted by atomic mass is 10.1. The Morgan fingerprint density at radius 2 is 1.83 bits per heavy atom. The number of anilines is 2. The molecule has 0 radical (unpaired) electrons. The minimum absolute atomic E-state index is 0.150. The van der Waals surface area contributed by atoms with Crippen LogP contribution in [0, 0.1) is 6.92 Å². The Morgan fingerprint density at radius 1 is 1.10 bits per heavy atom. The second-order valence-electron chi connectivity index (χ2n) is 6.98. The lowest BCUT2D eigenvalue weighted by Crippen LogP contribution is -2.39. The molecule has 2 aromatic rings. The van der Waals surface area contributed by atoms with E-state index < -0.39 is 18.0 Å². The third-order valence-electron chi connectivity index (χ3n) is 4.87. The van der Waals surface area contributed by atoms with Crippen molar-refractivity contribution in [1.82, 2.24) is 4.90 Å². The summed E-state index contributed by atoms with van der Waals surface area (Å²) >= 11 is 0. The Bertz CT molecular complexity index is 929. The van der Waals surface area contributed by atoms with Gasteiger partial charge in [-0.15, -0.1) is 0 Å². The van der Waals surface area contributed by atoms with Crippen molar-refractivity contribution in [3.63, 3.8) is 0 Å². The van der Waals surface area contributed by atoms with E-state index >= 15 is 0 Å². The normalized spacial score (nSPS) is 16.2. The molecule has 1 aliphatic rings. The van der Waals surface area contributed by atoms with Crippen LogP contribution < -0.4 is 15.0 Å². The van der Waals surface area contributed by atoms with Gasteiger partial charge in [-0.05, 0) is 48.9 Å². The van der Waals surface area contributed by atoms with E-state index in [-0.39, 0.29) is 25.5 Å². The number of urea groups is 1. The minimum Gasteiger partial charge on any atom is -0.497 e. The molecule has 0 bridgehead atoms. The zero-order chi connectivity index (χ0) is 21.7. The van der Waals surface area contributed by atoms with E-state index in [0.717, 1.165) is 10.5 Å². The number of ether oxygens (including phenoxy) is 2. The number of aryl methyl sites for hydroxylation is 1. The Morgan fingerprint density at radius 3 is 2.47 bits per heavy atom. The predicted molar refractivity (Wildman–Crippen MR) is 113 cm³/mol. The molecule has 8 nitrogen and oxygen atoms in total. The van der Waals surface area contributed by atoms with Crippen molar-refractivity contribution in [3.05, 3.63) is 54.1 Å². The standard InChI is InChI=1S/C22H25N3O5/c1-15-5-4-6-17(13-15)25-21(27)19(24(22(25)28)11-12-29-2)14-20(26)23-16-7-9-18(30-3)10-8-16/h4-10,13,19H,11-12,14H2,1-3H3,(H,23,26)/t19-/m1/s1. The van der Waals surface area contributed by atoms with E-state index in [0.29, 0.717) is 17.1 Å². The quantitative estimate of drug-likeness (QED) is 0.675. The number of carbonyl (C=O) groups is 3. The van der Waals surface area contributed by atoms with Crippen LogP contribution in [0.1, 0.15) is 12.0 Å². The van der Waals surface area contributed by atoms with Crippen molar-refractivity contribution in [1.29, 1.82) is 0 Å². The number of amides is 4. The highest BCUT2D eigenvalue weighted by Gasteiger charge is 2.46. The molecule has 0 aliphatic carbocycles. The molecule has 3 rings (SSSR count). The van der Waals surface area contributed by atoms with Crippen molar-refractivity contribution in [2.24, 2.45) is 0 Å². The molecule has 30 heavy (non-hydrogen) atoms. The lowest BCUT2D eigenvalue weighted by molar-refractivity contribution is -0.124. The lowest BCUT2D eigenvalue weighted by Gasteiger charge is -2.21. The number of rotatable bonds is 8. The largest absolute Gasteiger partial charge is 0.497 e. The maximum absolute atomic E-state index is 13.1. The molecule has 4 amide bonds. The van der Waals surface area contributed by atoms with Crippen LogP contribution in [0.2, 0.25) is 0 Å². The fourth-order valence-electron chi connectivity index (χ4n) is 3.34. The summed E-state index contributed by atoms with van der Waals surface area (Å²) in [7, 11) is 3.08. The number of hydrogen-bond donors (Lipinski definition) is 1. The third kappa shape index (κ3) is 4.60. The molecule has 1 fully saturated rings. The summed E-state index contributed by atoms with van der Waals surface area (Å²) in [5, 5.41) is 2.76. The van der Waals surface area contributed by atoms with Gasteiger partial charge in [0.15, 0.2) is 0 Å². The molecule has 158 valence electrons. The van der Waals surface area contributed by atoms with Gasteiger partial charge in [0.2, 0.25) is 5.91 Å². The van der Waals surface area contributed by atoms with Gasteiger partial charge in [-0.3, -0.25) is 9.59 Å². The molecule has 1 heterocycles. The van der Waals surface area contributed by atoms with Crippen LogP contribution in [-0.4, -0.2) is 56.2 Å². The molecule has 1 saturated heterocycles. The van der Waals surface area contributed by atoms with Gasteiger partial charge < -0.3 is 19.7 Å². The summed E-state index contributed by atoms with van der Waals surface area (Å²) in [6, 6.07) is 12.7. The van der Waals surface area contributed by atoms with Gasteiger partial charge in [0.05, 0.1) is 25.8 Å². The number of nitrogens with one attached hydrogen (secondary N) is 1. The minimum atomic E-state index is -0.897. The van der Waals surface area contributed by atoms with Crippen LogP contribution in [0.25, 0.3) is 0 Å². The second-order valence-corrected chi connectivity index (χ2v) is 6.98. The Hall–Kier alpha value is -3.39. The summed E-state index contributed by atoms with van der Waals surface area (Å²) in [6.45, 7) is 2.36. The van der Waals surface area contributed by atoms with E-state index in [1.165, 1.54) is 12.0 Å². The molecule has 0 saturated carbocycles. The van der Waals surface area contributed by atoms with Crippen LogP contribution >= 0.6 is 0 Å². The summed E-state index contributed by atoms with van der Waals surface area (Å²) in [4.78, 5) is 41.2. The highest BCUT2D eigenvalue weighted by atomic mass is 16.5. The van der Waals surface area contributed by atoms with Gasteiger partial charge >= 0.3 is 6.03 Å². The number of imide groups is 1. The van der Waals surface area contributed by atoms with Crippen LogP contribution in [0.5, 0.6) is 5.75 Å². The molecule has 1 aliphatic heterocycles. The van der Waals surface area contributed by atoms with Crippen LogP contribution in [0.15, 0.2) is 48.5 Å². The first-order chi connectivity index (χ1) is 14.4. The number of benzene rings is 2. The highest BCUT2D eigenvalue weighted by Crippen LogP contribution is 2.27. The molecule has 1 N–H and O–H groups in total. The number of carbonyl (C=O) groups excluding carboxylic acids is 3. The van der Waals surface area contributed by atoms with Crippen LogP contribution in [0.4, 0.5) is 16.2 Å². The Labute approximate surface area is 175 Å². The topological polar surface area (TPSA) is 88.2 Å². The first-order valence-electron chi connectivity index (χ1n) is 9.58. The highest BCUT2D eigenvalue weighted by molar-refractivity contribution is 6.22. The van der Waals surface area contributed by atoms with Crippen molar-refractivity contribution in [3.8, 4) is 5.75 Å². The molecule has 0 aromatic heterocycles. The zero-order valence-electron chi connectivity index (χ0n) is 17.3. The van der Waals surface area contributed by atoms with Crippen LogP contribution in [0.3, 0.4) is 0 Å². The molecule has 0 spiro atoms. The number of methoxy groups -OCH3 is 2. The summed E-state index contributed by atoms with van der Waals surface area (Å²) in [6.07, 6.45) is -0.150. The van der Waals surface area contributed by atoms with Gasteiger partial charge in [-0.1, -0.05) is 12.1 Å². The molecule has 0 unspecified atom stereocenters. The smallest absolute Gasteiger partial charge is 0.332 e. The summed E-state index contributed by atoms with van der Waals surface area (Å²) < 4.78 is 10.2. The summed E-state index contributed by atoms with van der Waals surface area (Å²) in [5.41, 5.74) is 2.00. The first kappa shape index (κ1) is 21.3. The SMILES string of the molecule is COCCN1C(=O)N(c2cccc(C)c2)C(=O)[C@H]1CC(=O)Nc1ccc(OC)cc1. The average molecular weight is 411 g/mol. The monoisotopic (exact) mass is 411 g/mol. The van der Waals surface area contributed by atoms with E-state index in [9.17, 15) is 14.4 Å². The fourth-order valence-corrected chi connectivity index (χ4v) is 3.34. The molecule has 1 atom stereocenters. The second kappa shape index (κ2) is 9.41. The van der Waals surface area contributed by atoms with Crippen LogP contribution in [-0.2, 0) is 14.3 Å². The van der Waals surface area contributed by atoms with E-state index in [1.807, 2.05) is 13.0 Å². The van der Waals surface area contributed by atoms with Crippen molar-refractivity contribution < 1.29 is 23.9 Å². The zero-order valence-corrected chi connectivity index (χ0v) is 17.3. The summed E-state index contributed by atoms with van der Waals surface area (Å²) in [5.74, 6) is -0.115. The van der Waals surface area contributed by atoms with Crippen molar-refractivity contribution in [2.75, 3.05) is 37.6 Å². The van der Waals surface area contributed by atoms with Gasteiger partial charge in [-0.2, -0.15) is 0 Å². The molecular formula is C22H25N3O5. The van der Waals surface area contributed by atoms with Crippen molar-refractivity contribution >= 4 is 29.2 Å². The van der Waals surface area contributed by atoms with Gasteiger partial charge in [0.1, 0.15) is 11.8 Å². The first-order valence-corrected chi connectivity index (χ1v) is 9.58. The van der Waals surface area contributed by atoms with E-state index in [1.54, 1.807) is 49.6 Å². The third-order valence-corrected chi connectivity index (χ3v) is 4.87. The van der Waals surface area contributed by atoms with Gasteiger partial charge in [0.25, 0.3) is 5.91 Å². The van der Waals surface area contributed by atoms with Crippen molar-refractivity contribution in [2.45, 2.75) is 19.4 Å². The molecular weight excluding hydrogens is 386 g/mol. The fraction of sp³-hybridized carbons (Fsp3) is 0.318. The number of hydrogen-bond acceptors (Lipinski definition) is 5. The Balaban J connectivity index is 1.78. The molecule has 2 aromatic carbocycles. The predicted octanol–water partition coefficient (Wildman–Crippen LogP) is 2.82. The molecule has 8 heteroatoms. The van der Waals surface area contributed by atoms with Gasteiger partial charge in [0, 0.05) is 19.3 Å². The Kier molecular flexibility index (Phi) is 6.68. The maximum Gasteiger partial charge on any atom is 0.332 e. The van der Waals surface area contributed by atoms with E-state index in [4.69, 9.17) is 9.47 Å².